The molecule has 0 aliphatic heterocycles. The molecule has 17 heavy (non-hydrogen) atoms. The van der Waals surface area contributed by atoms with Crippen LogP contribution in [0.5, 0.6) is 11.5 Å². The molecule has 0 saturated heterocycles. The fourth-order valence-electron chi connectivity index (χ4n) is 1.32. The number of rotatable bonds is 5. The summed E-state index contributed by atoms with van der Waals surface area (Å²) in [4.78, 5) is 0. The molecule has 94 valence electrons. The Bertz CT molecular complexity index is 383. The van der Waals surface area contributed by atoms with Crippen molar-refractivity contribution in [3.05, 3.63) is 18.2 Å². The number of unbranched alkanes of at least 4 members (excludes halogenated alkanes) is 1. The van der Waals surface area contributed by atoms with Crippen molar-refractivity contribution >= 4 is 23.0 Å². The van der Waals surface area contributed by atoms with Gasteiger partial charge in [0, 0.05) is 18.3 Å². The molecule has 0 heterocycles. The Morgan fingerprint density at radius 1 is 1.47 bits per heavy atom. The highest BCUT2D eigenvalue weighted by molar-refractivity contribution is 7.80. The largest absolute Gasteiger partial charge is 0.504 e. The molecule has 1 aromatic carbocycles. The third kappa shape index (κ3) is 4.48. The molecule has 0 aliphatic carbocycles. The average molecular weight is 254 g/mol. The highest BCUT2D eigenvalue weighted by Gasteiger charge is 2.03. The van der Waals surface area contributed by atoms with Crippen molar-refractivity contribution in [1.29, 1.82) is 0 Å². The van der Waals surface area contributed by atoms with Crippen LogP contribution in [0.2, 0.25) is 0 Å². The molecule has 0 radical (unpaired) electrons. The van der Waals surface area contributed by atoms with Gasteiger partial charge >= 0.3 is 0 Å². The third-order valence-corrected chi connectivity index (χ3v) is 2.50. The maximum Gasteiger partial charge on any atom is 0.170 e. The van der Waals surface area contributed by atoms with Crippen molar-refractivity contribution in [2.75, 3.05) is 19.0 Å². The van der Waals surface area contributed by atoms with Gasteiger partial charge in [0.2, 0.25) is 0 Å². The van der Waals surface area contributed by atoms with Crippen molar-refractivity contribution in [3.8, 4) is 11.5 Å². The normalized spacial score (nSPS) is 9.76. The minimum Gasteiger partial charge on any atom is -0.504 e. The second kappa shape index (κ2) is 6.96. The highest BCUT2D eigenvalue weighted by atomic mass is 32.1. The van der Waals surface area contributed by atoms with E-state index in [1.165, 1.54) is 7.11 Å². The van der Waals surface area contributed by atoms with Crippen LogP contribution in [0.1, 0.15) is 19.8 Å². The Morgan fingerprint density at radius 2 is 2.24 bits per heavy atom. The lowest BCUT2D eigenvalue weighted by atomic mass is 10.3. The van der Waals surface area contributed by atoms with E-state index >= 15 is 0 Å². The lowest BCUT2D eigenvalue weighted by Gasteiger charge is -2.11. The molecule has 1 aromatic rings. The van der Waals surface area contributed by atoms with Gasteiger partial charge in [-0.05, 0) is 30.8 Å². The van der Waals surface area contributed by atoms with E-state index in [0.29, 0.717) is 10.9 Å². The van der Waals surface area contributed by atoms with Crippen LogP contribution in [0.15, 0.2) is 18.2 Å². The zero-order valence-corrected chi connectivity index (χ0v) is 10.9. The smallest absolute Gasteiger partial charge is 0.170 e. The summed E-state index contributed by atoms with van der Waals surface area (Å²) in [6.45, 7) is 2.98. The lowest BCUT2D eigenvalue weighted by molar-refractivity contribution is 0.373. The number of ether oxygens (including phenoxy) is 1. The van der Waals surface area contributed by atoms with Gasteiger partial charge in [0.25, 0.3) is 0 Å². The van der Waals surface area contributed by atoms with Crippen LogP contribution in [-0.4, -0.2) is 23.9 Å². The molecule has 5 heteroatoms. The topological polar surface area (TPSA) is 53.5 Å². The maximum absolute atomic E-state index is 9.59. The Morgan fingerprint density at radius 3 is 2.82 bits per heavy atom. The number of aromatic hydroxyl groups is 1. The second-order valence-electron chi connectivity index (χ2n) is 3.62. The van der Waals surface area contributed by atoms with E-state index in [4.69, 9.17) is 17.0 Å². The molecule has 0 bridgehead atoms. The summed E-state index contributed by atoms with van der Waals surface area (Å²) in [7, 11) is 1.51. The van der Waals surface area contributed by atoms with Crippen LogP contribution in [0.25, 0.3) is 0 Å². The lowest BCUT2D eigenvalue weighted by Crippen LogP contribution is -2.29. The predicted octanol–water partition coefficient (Wildman–Crippen LogP) is 2.49. The summed E-state index contributed by atoms with van der Waals surface area (Å²) in [6, 6.07) is 5.06. The van der Waals surface area contributed by atoms with Crippen molar-refractivity contribution in [3.63, 3.8) is 0 Å². The van der Waals surface area contributed by atoms with E-state index in [9.17, 15) is 5.11 Å². The van der Waals surface area contributed by atoms with Crippen molar-refractivity contribution in [2.24, 2.45) is 0 Å². The SMILES string of the molecule is CCCCNC(=S)Nc1ccc(OC)c(O)c1. The molecule has 0 unspecified atom stereocenters. The number of thiocarbonyl (C=S) groups is 1. The van der Waals surface area contributed by atoms with Gasteiger partial charge in [-0.3, -0.25) is 0 Å². The maximum atomic E-state index is 9.59. The van der Waals surface area contributed by atoms with Gasteiger partial charge in [0.05, 0.1) is 7.11 Å². The van der Waals surface area contributed by atoms with Gasteiger partial charge in [-0.15, -0.1) is 0 Å². The fraction of sp³-hybridized carbons (Fsp3) is 0.417. The zero-order chi connectivity index (χ0) is 12.7. The molecule has 1 rings (SSSR count). The van der Waals surface area contributed by atoms with E-state index in [1.54, 1.807) is 18.2 Å². The van der Waals surface area contributed by atoms with Gasteiger partial charge in [0.1, 0.15) is 0 Å². The minimum absolute atomic E-state index is 0.0915. The first kappa shape index (κ1) is 13.6. The standard InChI is InChI=1S/C12H18N2O2S/c1-3-4-7-13-12(17)14-9-5-6-11(16-2)10(15)8-9/h5-6,8,15H,3-4,7H2,1-2H3,(H2,13,14,17). The van der Waals surface area contributed by atoms with Crippen LogP contribution < -0.4 is 15.4 Å². The predicted molar refractivity (Wildman–Crippen MR) is 73.8 cm³/mol. The third-order valence-electron chi connectivity index (χ3n) is 2.25. The Balaban J connectivity index is 2.51. The summed E-state index contributed by atoms with van der Waals surface area (Å²) in [5.74, 6) is 0.536. The van der Waals surface area contributed by atoms with Crippen LogP contribution in [-0.2, 0) is 0 Å². The first-order chi connectivity index (χ1) is 8.17. The Labute approximate surface area is 107 Å². The van der Waals surface area contributed by atoms with Crippen LogP contribution in [0, 0.1) is 0 Å². The number of phenolic OH excluding ortho intramolecular Hbond substituents is 1. The monoisotopic (exact) mass is 254 g/mol. The average Bonchev–Trinajstić information content (AvgIpc) is 2.29. The molecular formula is C12H18N2O2S. The van der Waals surface area contributed by atoms with Crippen molar-refractivity contribution in [1.82, 2.24) is 5.32 Å². The molecular weight excluding hydrogens is 236 g/mol. The number of hydrogen-bond acceptors (Lipinski definition) is 3. The molecule has 0 atom stereocenters. The summed E-state index contributed by atoms with van der Waals surface area (Å²) < 4.78 is 4.96. The number of anilines is 1. The molecule has 4 nitrogen and oxygen atoms in total. The minimum atomic E-state index is 0.0915. The summed E-state index contributed by atoms with van der Waals surface area (Å²) in [5.41, 5.74) is 0.734. The van der Waals surface area contributed by atoms with Gasteiger partial charge in [-0.25, -0.2) is 0 Å². The fourth-order valence-corrected chi connectivity index (χ4v) is 1.54. The molecule has 0 spiro atoms. The van der Waals surface area contributed by atoms with E-state index in [1.807, 2.05) is 0 Å². The van der Waals surface area contributed by atoms with E-state index in [0.717, 1.165) is 25.1 Å². The van der Waals surface area contributed by atoms with E-state index in [2.05, 4.69) is 17.6 Å². The van der Waals surface area contributed by atoms with Crippen molar-refractivity contribution < 1.29 is 9.84 Å². The molecule has 0 fully saturated rings. The van der Waals surface area contributed by atoms with Gasteiger partial charge < -0.3 is 20.5 Å². The summed E-state index contributed by atoms with van der Waals surface area (Å²) in [6.07, 6.45) is 2.20. The van der Waals surface area contributed by atoms with Crippen molar-refractivity contribution in [2.45, 2.75) is 19.8 Å². The molecule has 0 saturated carbocycles. The molecule has 0 aromatic heterocycles. The summed E-state index contributed by atoms with van der Waals surface area (Å²) in [5, 5.41) is 16.2. The molecule has 3 N–H and O–H groups in total. The molecule has 0 aliphatic rings. The number of methoxy groups -OCH3 is 1. The zero-order valence-electron chi connectivity index (χ0n) is 10.1. The quantitative estimate of drug-likeness (QED) is 0.557. The number of phenols is 1. The number of hydrogen-bond donors (Lipinski definition) is 3. The first-order valence-electron chi connectivity index (χ1n) is 5.59. The van der Waals surface area contributed by atoms with Gasteiger partial charge in [-0.1, -0.05) is 13.3 Å². The van der Waals surface area contributed by atoms with E-state index < -0.39 is 0 Å². The van der Waals surface area contributed by atoms with E-state index in [-0.39, 0.29) is 5.75 Å². The highest BCUT2D eigenvalue weighted by Crippen LogP contribution is 2.28. The van der Waals surface area contributed by atoms with Crippen LogP contribution in [0.3, 0.4) is 0 Å². The molecule has 0 amide bonds. The van der Waals surface area contributed by atoms with Gasteiger partial charge in [-0.2, -0.15) is 0 Å². The first-order valence-corrected chi connectivity index (χ1v) is 6.00. The van der Waals surface area contributed by atoms with Gasteiger partial charge in [0.15, 0.2) is 16.6 Å². The second-order valence-corrected chi connectivity index (χ2v) is 4.03. The number of benzene rings is 1. The Hall–Kier alpha value is -1.49. The number of nitrogens with one attached hydrogen (secondary N) is 2. The Kier molecular flexibility index (Phi) is 5.56. The van der Waals surface area contributed by atoms with Crippen LogP contribution in [0.4, 0.5) is 5.69 Å². The van der Waals surface area contributed by atoms with Crippen LogP contribution >= 0.6 is 12.2 Å². The summed E-state index contributed by atoms with van der Waals surface area (Å²) >= 11 is 5.12.